The maximum atomic E-state index is 14.4. The third-order valence-electron chi connectivity index (χ3n) is 8.38. The normalized spacial score (nSPS) is 29.9. The number of aromatic hydroxyl groups is 1. The van der Waals surface area contributed by atoms with Gasteiger partial charge in [-0.1, -0.05) is 32.4 Å². The highest BCUT2D eigenvalue weighted by atomic mass is 16.7. The number of nitrogens with zero attached hydrogens (tertiary/aromatic N) is 1. The molecule has 10 heteroatoms. The summed E-state index contributed by atoms with van der Waals surface area (Å²) in [6.07, 6.45) is -4.28. The summed E-state index contributed by atoms with van der Waals surface area (Å²) in [5.74, 6) is -1.86. The van der Waals surface area contributed by atoms with Crippen LogP contribution in [0.5, 0.6) is 11.5 Å². The summed E-state index contributed by atoms with van der Waals surface area (Å²) < 4.78 is 17.5. The quantitative estimate of drug-likeness (QED) is 0.487. The first-order chi connectivity index (χ1) is 19.0. The number of esters is 1. The van der Waals surface area contributed by atoms with Crippen LogP contribution in [-0.2, 0) is 14.3 Å². The van der Waals surface area contributed by atoms with Gasteiger partial charge in [-0.3, -0.25) is 9.59 Å². The zero-order valence-corrected chi connectivity index (χ0v) is 22.6. The van der Waals surface area contributed by atoms with Gasteiger partial charge in [0.1, 0.15) is 29.3 Å². The summed E-state index contributed by atoms with van der Waals surface area (Å²) in [6.45, 7) is 7.20. The maximum absolute atomic E-state index is 14.4. The lowest BCUT2D eigenvalue weighted by Crippen LogP contribution is -2.48. The van der Waals surface area contributed by atoms with Gasteiger partial charge < -0.3 is 34.4 Å². The Bertz CT molecular complexity index is 1470. The number of benzene rings is 2. The van der Waals surface area contributed by atoms with Crippen LogP contribution in [0.25, 0.3) is 5.57 Å². The van der Waals surface area contributed by atoms with Crippen LogP contribution in [0.15, 0.2) is 36.0 Å². The molecule has 0 amide bonds. The Morgan fingerprint density at radius 2 is 1.88 bits per heavy atom. The molecule has 2 fully saturated rings. The fraction of sp³-hybridized carbons (Fsp3) is 0.433. The Balaban J connectivity index is 1.52. The third kappa shape index (κ3) is 3.77. The molecule has 0 aromatic heterocycles. The number of aliphatic hydroxyl groups excluding tert-OH is 2. The molecule has 0 saturated carbocycles. The first-order valence-corrected chi connectivity index (χ1v) is 13.5. The van der Waals surface area contributed by atoms with Gasteiger partial charge in [0.15, 0.2) is 5.78 Å². The zero-order chi connectivity index (χ0) is 28.6. The molecule has 2 aromatic carbocycles. The van der Waals surface area contributed by atoms with E-state index < -0.39 is 54.4 Å². The second-order valence-corrected chi connectivity index (χ2v) is 11.0. The van der Waals surface area contributed by atoms with Crippen molar-refractivity contribution in [3.8, 4) is 11.5 Å². The van der Waals surface area contributed by atoms with Crippen molar-refractivity contribution in [2.24, 2.45) is 5.92 Å². The molecule has 210 valence electrons. The lowest BCUT2D eigenvalue weighted by atomic mass is 9.77. The lowest BCUT2D eigenvalue weighted by Gasteiger charge is -2.40. The van der Waals surface area contributed by atoms with Crippen molar-refractivity contribution in [1.29, 1.82) is 0 Å². The number of allylic oxidation sites excluding steroid dienone is 2. The standard InChI is InChI=1S/C30H31NO9/c1-5-13(3)24-30(37)40-29-16-9-12(2)10-17(32)21(16)23-25(31(24)29)28(36)22-15(27(23)35)7-6-8-19(22)39-20-11-18(33)26(34)14(4)38-20/h6-10,13-14,18,20,24,26,29,32-34H,5,11H2,1-4H3. The molecule has 7 atom stereocenters. The molecule has 7 unspecified atom stereocenters. The predicted molar refractivity (Wildman–Crippen MR) is 140 cm³/mol. The molecular weight excluding hydrogens is 518 g/mol. The number of aryl methyl sites for hydroxylation is 1. The second kappa shape index (κ2) is 9.43. The van der Waals surface area contributed by atoms with Crippen molar-refractivity contribution in [3.63, 3.8) is 0 Å². The number of phenols is 1. The van der Waals surface area contributed by atoms with Gasteiger partial charge in [-0.25, -0.2) is 4.79 Å². The van der Waals surface area contributed by atoms with Crippen LogP contribution in [0.2, 0.25) is 0 Å². The zero-order valence-electron chi connectivity index (χ0n) is 22.6. The van der Waals surface area contributed by atoms with Crippen LogP contribution < -0.4 is 4.74 Å². The van der Waals surface area contributed by atoms with Gasteiger partial charge in [-0.05, 0) is 43.5 Å². The van der Waals surface area contributed by atoms with Crippen molar-refractivity contribution >= 4 is 23.1 Å². The molecule has 4 aliphatic rings. The van der Waals surface area contributed by atoms with Crippen LogP contribution >= 0.6 is 0 Å². The number of hydrogen-bond donors (Lipinski definition) is 3. The number of fused-ring (bicyclic) bond motifs is 6. The number of phenolic OH excluding ortho intramolecular Hbond substituents is 1. The van der Waals surface area contributed by atoms with E-state index in [1.807, 2.05) is 13.8 Å². The van der Waals surface area contributed by atoms with Crippen LogP contribution in [0.1, 0.15) is 77.2 Å². The van der Waals surface area contributed by atoms with Crippen molar-refractivity contribution in [2.45, 2.75) is 77.4 Å². The van der Waals surface area contributed by atoms with E-state index in [1.165, 1.54) is 18.2 Å². The SMILES string of the molecule is CCC(C)C1C(=O)OC2c3cc(C)cc(O)c3C3=C(C(=O)c4c(OC5CC(O)C(O)C(C)O5)cccc4C3=O)N21. The Morgan fingerprint density at radius 3 is 2.58 bits per heavy atom. The highest BCUT2D eigenvalue weighted by Crippen LogP contribution is 2.53. The fourth-order valence-electron chi connectivity index (χ4n) is 6.20. The Morgan fingerprint density at radius 1 is 1.12 bits per heavy atom. The van der Waals surface area contributed by atoms with Crippen LogP contribution in [0, 0.1) is 12.8 Å². The summed E-state index contributed by atoms with van der Waals surface area (Å²) >= 11 is 0. The van der Waals surface area contributed by atoms with Crippen LogP contribution in [0.3, 0.4) is 0 Å². The number of hydrogen-bond acceptors (Lipinski definition) is 10. The van der Waals surface area contributed by atoms with Gasteiger partial charge in [0.05, 0.1) is 23.3 Å². The number of ketones is 2. The number of Topliss-reactive ketones (excluding diaryl/α,β-unsaturated/α-hetero) is 2. The fourth-order valence-corrected chi connectivity index (χ4v) is 6.20. The minimum atomic E-state index is -1.09. The molecule has 10 nitrogen and oxygen atoms in total. The minimum Gasteiger partial charge on any atom is -0.507 e. The third-order valence-corrected chi connectivity index (χ3v) is 8.38. The number of carbonyl (C=O) groups is 3. The molecule has 3 heterocycles. The van der Waals surface area contributed by atoms with Crippen molar-refractivity contribution in [3.05, 3.63) is 63.8 Å². The topological polar surface area (TPSA) is 143 Å². The van der Waals surface area contributed by atoms with E-state index >= 15 is 0 Å². The van der Waals surface area contributed by atoms with Crippen molar-refractivity contribution in [1.82, 2.24) is 4.90 Å². The van der Waals surface area contributed by atoms with Crippen molar-refractivity contribution in [2.75, 3.05) is 0 Å². The smallest absolute Gasteiger partial charge is 0.331 e. The molecule has 0 radical (unpaired) electrons. The predicted octanol–water partition coefficient (Wildman–Crippen LogP) is 3.01. The van der Waals surface area contributed by atoms with E-state index in [1.54, 1.807) is 30.9 Å². The van der Waals surface area contributed by atoms with Gasteiger partial charge in [0, 0.05) is 23.1 Å². The van der Waals surface area contributed by atoms with Gasteiger partial charge in [-0.2, -0.15) is 0 Å². The molecule has 0 spiro atoms. The summed E-state index contributed by atoms with van der Waals surface area (Å²) in [6, 6.07) is 7.08. The number of aliphatic hydroxyl groups is 2. The molecular formula is C30H31NO9. The molecule has 3 aliphatic heterocycles. The molecule has 2 aromatic rings. The van der Waals surface area contributed by atoms with E-state index in [-0.39, 0.29) is 51.8 Å². The maximum Gasteiger partial charge on any atom is 0.331 e. The summed E-state index contributed by atoms with van der Waals surface area (Å²) in [5, 5.41) is 31.3. The average Bonchev–Trinajstić information content (AvgIpc) is 3.26. The van der Waals surface area contributed by atoms with E-state index in [2.05, 4.69) is 0 Å². The van der Waals surface area contributed by atoms with Gasteiger partial charge >= 0.3 is 5.97 Å². The monoisotopic (exact) mass is 549 g/mol. The highest BCUT2D eigenvalue weighted by molar-refractivity contribution is 6.41. The summed E-state index contributed by atoms with van der Waals surface area (Å²) in [5.41, 5.74) is 1.42. The van der Waals surface area contributed by atoms with E-state index in [0.29, 0.717) is 17.5 Å². The van der Waals surface area contributed by atoms with Gasteiger partial charge in [0.2, 0.25) is 18.3 Å². The lowest BCUT2D eigenvalue weighted by molar-refractivity contribution is -0.216. The Kier molecular flexibility index (Phi) is 6.25. The molecule has 1 aliphatic carbocycles. The summed E-state index contributed by atoms with van der Waals surface area (Å²) in [7, 11) is 0. The summed E-state index contributed by atoms with van der Waals surface area (Å²) in [4.78, 5) is 43.4. The second-order valence-electron chi connectivity index (χ2n) is 11.0. The first-order valence-electron chi connectivity index (χ1n) is 13.5. The van der Waals surface area contributed by atoms with Crippen molar-refractivity contribution < 1.29 is 43.9 Å². The van der Waals surface area contributed by atoms with E-state index in [9.17, 15) is 29.7 Å². The minimum absolute atomic E-state index is 0.000771. The number of rotatable bonds is 4. The Labute approximate surface area is 230 Å². The van der Waals surface area contributed by atoms with Crippen LogP contribution in [-0.4, -0.2) is 68.4 Å². The molecule has 6 rings (SSSR count). The molecule has 2 saturated heterocycles. The first kappa shape index (κ1) is 26.5. The van der Waals surface area contributed by atoms with E-state index in [4.69, 9.17) is 14.2 Å². The molecule has 3 N–H and O–H groups in total. The molecule has 40 heavy (non-hydrogen) atoms. The largest absolute Gasteiger partial charge is 0.507 e. The Hall–Kier alpha value is -3.73. The van der Waals surface area contributed by atoms with Gasteiger partial charge in [0.25, 0.3) is 0 Å². The highest BCUT2D eigenvalue weighted by Gasteiger charge is 2.55. The number of carbonyl (C=O) groups excluding carboxylic acids is 3. The average molecular weight is 550 g/mol. The van der Waals surface area contributed by atoms with E-state index in [0.717, 1.165) is 0 Å². The number of ether oxygens (including phenoxy) is 3. The molecule has 0 bridgehead atoms. The van der Waals surface area contributed by atoms with Gasteiger partial charge in [-0.15, -0.1) is 0 Å². The van der Waals surface area contributed by atoms with Crippen LogP contribution in [0.4, 0.5) is 0 Å².